The summed E-state index contributed by atoms with van der Waals surface area (Å²) in [5, 5.41) is 16.5. The predicted octanol–water partition coefficient (Wildman–Crippen LogP) is 5.23. The Kier molecular flexibility index (Phi) is 7.94. The van der Waals surface area contributed by atoms with Gasteiger partial charge in [-0.05, 0) is 54.3 Å². The van der Waals surface area contributed by atoms with Crippen LogP contribution in [0.5, 0.6) is 17.2 Å². The maximum Gasteiger partial charge on any atom is 0.316 e. The molecule has 0 saturated carbocycles. The van der Waals surface area contributed by atoms with Crippen LogP contribution >= 0.6 is 0 Å². The molecular weight excluding hydrogens is 516 g/mol. The predicted molar refractivity (Wildman–Crippen MR) is 151 cm³/mol. The molecule has 0 unspecified atom stereocenters. The van der Waals surface area contributed by atoms with E-state index < -0.39 is 22.1 Å². The maximum absolute atomic E-state index is 13.7. The standard InChI is InChI=1S/C29H28N4O7/c1-16(2)21-14-22(17(3)11-25(21)38-5)28-31-23-10-8-7-9-20(23)29(35)32(28)30-15-19-12-24(33(36)37)27(40-18(4)34)26(13-19)39-6/h7-16H,1-6H3. The lowest BCUT2D eigenvalue weighted by Crippen LogP contribution is -2.21. The van der Waals surface area contributed by atoms with Crippen molar-refractivity contribution in [2.45, 2.75) is 33.6 Å². The lowest BCUT2D eigenvalue weighted by Gasteiger charge is -2.17. The molecule has 0 radical (unpaired) electrons. The van der Waals surface area contributed by atoms with Gasteiger partial charge < -0.3 is 14.2 Å². The zero-order chi connectivity index (χ0) is 29.1. The molecule has 0 spiro atoms. The average molecular weight is 545 g/mol. The van der Waals surface area contributed by atoms with Crippen molar-refractivity contribution in [3.05, 3.63) is 85.7 Å². The highest BCUT2D eigenvalue weighted by atomic mass is 16.6. The van der Waals surface area contributed by atoms with Gasteiger partial charge in [-0.2, -0.15) is 9.78 Å². The minimum Gasteiger partial charge on any atom is -0.496 e. The number of benzene rings is 3. The molecule has 0 aliphatic rings. The molecule has 4 aromatic rings. The van der Waals surface area contributed by atoms with Gasteiger partial charge in [0.1, 0.15) is 5.75 Å². The number of carbonyl (C=O) groups is 1. The Labute approximate surface area is 229 Å². The Morgan fingerprint density at radius 3 is 2.42 bits per heavy atom. The van der Waals surface area contributed by atoms with Crippen molar-refractivity contribution in [2.75, 3.05) is 14.2 Å². The minimum absolute atomic E-state index is 0.0392. The number of nitrogens with zero attached hydrogens (tertiary/aromatic N) is 4. The van der Waals surface area contributed by atoms with Crippen LogP contribution in [0.4, 0.5) is 5.69 Å². The summed E-state index contributed by atoms with van der Waals surface area (Å²) >= 11 is 0. The van der Waals surface area contributed by atoms with Gasteiger partial charge in [0.15, 0.2) is 11.6 Å². The number of para-hydroxylation sites is 1. The lowest BCUT2D eigenvalue weighted by atomic mass is 9.96. The van der Waals surface area contributed by atoms with E-state index in [1.807, 2.05) is 32.9 Å². The van der Waals surface area contributed by atoms with Crippen molar-refractivity contribution < 1.29 is 23.9 Å². The highest BCUT2D eigenvalue weighted by molar-refractivity contribution is 5.85. The number of hydrogen-bond donors (Lipinski definition) is 0. The first-order valence-electron chi connectivity index (χ1n) is 12.4. The summed E-state index contributed by atoms with van der Waals surface area (Å²) in [5.74, 6) is 0.0425. The van der Waals surface area contributed by atoms with Crippen LogP contribution in [0.25, 0.3) is 22.3 Å². The second-order valence-electron chi connectivity index (χ2n) is 9.30. The number of ether oxygens (including phenoxy) is 3. The van der Waals surface area contributed by atoms with E-state index in [1.54, 1.807) is 31.4 Å². The zero-order valence-corrected chi connectivity index (χ0v) is 22.9. The number of esters is 1. The normalized spacial score (nSPS) is 11.3. The fraction of sp³-hybridized carbons (Fsp3) is 0.241. The third-order valence-electron chi connectivity index (χ3n) is 6.24. The number of aryl methyl sites for hydroxylation is 1. The van der Waals surface area contributed by atoms with Gasteiger partial charge in [-0.15, -0.1) is 0 Å². The number of fused-ring (bicyclic) bond motifs is 1. The minimum atomic E-state index is -0.739. The topological polar surface area (TPSA) is 135 Å². The summed E-state index contributed by atoms with van der Waals surface area (Å²) in [6.07, 6.45) is 1.29. The van der Waals surface area contributed by atoms with Crippen molar-refractivity contribution in [1.82, 2.24) is 9.66 Å². The number of hydrogen-bond acceptors (Lipinski definition) is 9. The van der Waals surface area contributed by atoms with Crippen LogP contribution in [0.1, 0.15) is 43.4 Å². The van der Waals surface area contributed by atoms with Gasteiger partial charge in [-0.3, -0.25) is 19.7 Å². The summed E-state index contributed by atoms with van der Waals surface area (Å²) in [4.78, 5) is 41.0. The molecule has 1 aromatic heterocycles. The van der Waals surface area contributed by atoms with Gasteiger partial charge in [-0.25, -0.2) is 4.98 Å². The molecule has 0 amide bonds. The summed E-state index contributed by atoms with van der Waals surface area (Å²) in [5.41, 5.74) is 2.25. The zero-order valence-electron chi connectivity index (χ0n) is 22.9. The van der Waals surface area contributed by atoms with Gasteiger partial charge in [0.25, 0.3) is 5.56 Å². The first-order valence-corrected chi connectivity index (χ1v) is 12.4. The van der Waals surface area contributed by atoms with Crippen LogP contribution in [-0.4, -0.2) is 41.0 Å². The SMILES string of the molecule is COc1cc(C)c(-c2nc3ccccc3c(=O)n2N=Cc2cc(OC)c(OC(C)=O)c([N+](=O)[O-])c2)cc1C(C)C. The van der Waals surface area contributed by atoms with Crippen molar-refractivity contribution in [3.8, 4) is 28.6 Å². The van der Waals surface area contributed by atoms with Crippen LogP contribution in [0.2, 0.25) is 0 Å². The smallest absolute Gasteiger partial charge is 0.316 e. The number of aromatic nitrogens is 2. The summed E-state index contributed by atoms with van der Waals surface area (Å²) in [6.45, 7) is 7.09. The molecule has 40 heavy (non-hydrogen) atoms. The van der Waals surface area contributed by atoms with Crippen molar-refractivity contribution in [2.24, 2.45) is 5.10 Å². The highest BCUT2D eigenvalue weighted by Gasteiger charge is 2.24. The molecule has 1 heterocycles. The highest BCUT2D eigenvalue weighted by Crippen LogP contribution is 2.38. The average Bonchev–Trinajstić information content (AvgIpc) is 2.92. The Morgan fingerprint density at radius 2 is 1.80 bits per heavy atom. The molecule has 206 valence electrons. The van der Waals surface area contributed by atoms with E-state index in [9.17, 15) is 19.7 Å². The molecule has 0 fully saturated rings. The van der Waals surface area contributed by atoms with E-state index >= 15 is 0 Å². The van der Waals surface area contributed by atoms with Crippen molar-refractivity contribution >= 4 is 28.8 Å². The van der Waals surface area contributed by atoms with Gasteiger partial charge in [-0.1, -0.05) is 26.0 Å². The third-order valence-corrected chi connectivity index (χ3v) is 6.24. The third kappa shape index (κ3) is 5.39. The molecule has 0 aliphatic carbocycles. The van der Waals surface area contributed by atoms with Crippen molar-refractivity contribution in [1.29, 1.82) is 0 Å². The molecule has 4 rings (SSSR count). The molecule has 0 bridgehead atoms. The summed E-state index contributed by atoms with van der Waals surface area (Å²) < 4.78 is 17.0. The molecule has 0 saturated heterocycles. The van der Waals surface area contributed by atoms with Crippen LogP contribution in [0, 0.1) is 17.0 Å². The number of carbonyl (C=O) groups excluding carboxylic acids is 1. The molecular formula is C29H28N4O7. The van der Waals surface area contributed by atoms with E-state index in [2.05, 4.69) is 5.10 Å². The fourth-order valence-corrected chi connectivity index (χ4v) is 4.31. The summed E-state index contributed by atoms with van der Waals surface area (Å²) in [6, 6.07) is 13.4. The summed E-state index contributed by atoms with van der Waals surface area (Å²) in [7, 11) is 2.90. The largest absolute Gasteiger partial charge is 0.496 e. The maximum atomic E-state index is 13.7. The van der Waals surface area contributed by atoms with Gasteiger partial charge in [0.05, 0.1) is 36.3 Å². The molecule has 11 heteroatoms. The second-order valence-corrected chi connectivity index (χ2v) is 9.30. The Balaban J connectivity index is 1.97. The van der Waals surface area contributed by atoms with E-state index in [0.29, 0.717) is 22.3 Å². The Morgan fingerprint density at radius 1 is 1.10 bits per heavy atom. The van der Waals surface area contributed by atoms with Gasteiger partial charge >= 0.3 is 11.7 Å². The van der Waals surface area contributed by atoms with E-state index in [-0.39, 0.29) is 23.0 Å². The van der Waals surface area contributed by atoms with Gasteiger partial charge in [0.2, 0.25) is 5.75 Å². The number of nitro benzene ring substituents is 1. The van der Waals surface area contributed by atoms with Crippen LogP contribution < -0.4 is 19.8 Å². The van der Waals surface area contributed by atoms with Gasteiger partial charge in [0, 0.05) is 24.1 Å². The number of rotatable bonds is 8. The van der Waals surface area contributed by atoms with Crippen LogP contribution in [0.3, 0.4) is 0 Å². The number of nitro groups is 1. The number of methoxy groups -OCH3 is 2. The Hall–Kier alpha value is -5.06. The first-order chi connectivity index (χ1) is 19.0. The first kappa shape index (κ1) is 28.0. The molecule has 0 aliphatic heterocycles. The lowest BCUT2D eigenvalue weighted by molar-refractivity contribution is -0.385. The molecule has 0 N–H and O–H groups in total. The molecule has 3 aromatic carbocycles. The monoisotopic (exact) mass is 544 g/mol. The van der Waals surface area contributed by atoms with E-state index in [0.717, 1.165) is 23.8 Å². The van der Waals surface area contributed by atoms with Crippen molar-refractivity contribution in [3.63, 3.8) is 0 Å². The van der Waals surface area contributed by atoms with E-state index in [1.165, 1.54) is 30.1 Å². The van der Waals surface area contributed by atoms with Crippen LogP contribution in [0.15, 0.2) is 58.4 Å². The Bertz CT molecular complexity index is 1720. The molecule has 0 atom stereocenters. The fourth-order valence-electron chi connectivity index (χ4n) is 4.31. The second kappa shape index (κ2) is 11.4. The van der Waals surface area contributed by atoms with Crippen LogP contribution in [-0.2, 0) is 4.79 Å². The molecule has 11 nitrogen and oxygen atoms in total. The van der Waals surface area contributed by atoms with E-state index in [4.69, 9.17) is 19.2 Å². The quantitative estimate of drug-likeness (QED) is 0.0968.